The number of halogens is 3. The van der Waals surface area contributed by atoms with Crippen molar-refractivity contribution in [2.75, 3.05) is 0 Å². The second-order valence-corrected chi connectivity index (χ2v) is 8.98. The van der Waals surface area contributed by atoms with Gasteiger partial charge in [0.1, 0.15) is 11.5 Å². The van der Waals surface area contributed by atoms with E-state index in [1.54, 1.807) is 0 Å². The Morgan fingerprint density at radius 1 is 0.900 bits per heavy atom. The molecule has 0 bridgehead atoms. The molecule has 0 heterocycles. The van der Waals surface area contributed by atoms with Crippen molar-refractivity contribution in [1.82, 2.24) is 0 Å². The van der Waals surface area contributed by atoms with E-state index in [0.717, 1.165) is 55.6 Å². The summed E-state index contributed by atoms with van der Waals surface area (Å²) in [4.78, 5) is 12.5. The molecule has 0 N–H and O–H groups in total. The van der Waals surface area contributed by atoms with E-state index in [1.165, 1.54) is 57.1 Å². The third-order valence-electron chi connectivity index (χ3n) is 6.90. The molecule has 0 saturated heterocycles. The largest absolute Gasteiger partial charge is 0.573 e. The minimum Gasteiger partial charge on any atom is -0.426 e. The molecular weight excluding hydrogens is 393 g/mol. The summed E-state index contributed by atoms with van der Waals surface area (Å²) in [5.74, 6) is 1.98. The molecule has 1 aromatic carbocycles. The van der Waals surface area contributed by atoms with Gasteiger partial charge >= 0.3 is 12.3 Å². The Morgan fingerprint density at radius 2 is 1.43 bits per heavy atom. The molecule has 2 aliphatic rings. The first-order valence-electron chi connectivity index (χ1n) is 11.4. The molecule has 0 aliphatic heterocycles. The van der Waals surface area contributed by atoms with Crippen LogP contribution in [-0.2, 0) is 4.79 Å². The number of benzene rings is 1. The Hall–Kier alpha value is -1.72. The fourth-order valence-corrected chi connectivity index (χ4v) is 5.18. The lowest BCUT2D eigenvalue weighted by Crippen LogP contribution is -2.30. The second-order valence-electron chi connectivity index (χ2n) is 8.98. The Morgan fingerprint density at radius 3 is 1.97 bits per heavy atom. The van der Waals surface area contributed by atoms with Crippen molar-refractivity contribution in [3.05, 3.63) is 24.3 Å². The van der Waals surface area contributed by atoms with Gasteiger partial charge in [0.05, 0.1) is 5.92 Å². The van der Waals surface area contributed by atoms with Crippen LogP contribution in [0.1, 0.15) is 77.6 Å². The van der Waals surface area contributed by atoms with Gasteiger partial charge in [0, 0.05) is 0 Å². The maximum absolute atomic E-state index is 12.5. The molecule has 0 radical (unpaired) electrons. The second kappa shape index (κ2) is 10.5. The number of hydrogen-bond donors (Lipinski definition) is 0. The summed E-state index contributed by atoms with van der Waals surface area (Å²) in [6.45, 7) is 2.26. The van der Waals surface area contributed by atoms with Gasteiger partial charge in [0.25, 0.3) is 0 Å². The van der Waals surface area contributed by atoms with Gasteiger partial charge in [0.15, 0.2) is 0 Å². The summed E-state index contributed by atoms with van der Waals surface area (Å²) in [5.41, 5.74) is 0. The number of alkyl halides is 3. The predicted molar refractivity (Wildman–Crippen MR) is 109 cm³/mol. The number of unbranched alkanes of at least 4 members (excludes halogenated alkanes) is 1. The van der Waals surface area contributed by atoms with Crippen molar-refractivity contribution in [3.63, 3.8) is 0 Å². The van der Waals surface area contributed by atoms with Crippen LogP contribution >= 0.6 is 0 Å². The van der Waals surface area contributed by atoms with Crippen molar-refractivity contribution < 1.29 is 27.4 Å². The third kappa shape index (κ3) is 6.92. The molecule has 0 spiro atoms. The minimum atomic E-state index is -4.73. The molecule has 30 heavy (non-hydrogen) atoms. The summed E-state index contributed by atoms with van der Waals surface area (Å²) < 4.78 is 45.9. The van der Waals surface area contributed by atoms with Gasteiger partial charge in [-0.05, 0) is 80.5 Å². The number of rotatable bonds is 7. The number of ether oxygens (including phenoxy) is 2. The van der Waals surface area contributed by atoms with Gasteiger partial charge in [-0.1, -0.05) is 39.0 Å². The Labute approximate surface area is 177 Å². The van der Waals surface area contributed by atoms with Gasteiger partial charge in [-0.15, -0.1) is 13.2 Å². The Kier molecular flexibility index (Phi) is 8.06. The Balaban J connectivity index is 1.40. The van der Waals surface area contributed by atoms with Crippen molar-refractivity contribution in [2.45, 2.75) is 83.9 Å². The lowest BCUT2D eigenvalue weighted by molar-refractivity contribution is -0.274. The van der Waals surface area contributed by atoms with E-state index in [4.69, 9.17) is 4.74 Å². The van der Waals surface area contributed by atoms with Gasteiger partial charge in [-0.25, -0.2) is 0 Å². The summed E-state index contributed by atoms with van der Waals surface area (Å²) in [6, 6.07) is 4.98. The summed E-state index contributed by atoms with van der Waals surface area (Å²) in [6.07, 6.45) is 8.50. The van der Waals surface area contributed by atoms with Crippen LogP contribution in [0, 0.1) is 23.7 Å². The van der Waals surface area contributed by atoms with Crippen LogP contribution in [0.3, 0.4) is 0 Å². The fourth-order valence-electron chi connectivity index (χ4n) is 5.18. The van der Waals surface area contributed by atoms with Crippen LogP contribution in [0.15, 0.2) is 24.3 Å². The first-order chi connectivity index (χ1) is 14.3. The molecule has 0 unspecified atom stereocenters. The number of carbonyl (C=O) groups excluding carboxylic acids is 1. The first kappa shape index (κ1) is 23.0. The average molecular weight is 427 g/mol. The lowest BCUT2D eigenvalue weighted by atomic mass is 9.68. The maximum atomic E-state index is 12.5. The van der Waals surface area contributed by atoms with E-state index in [1.807, 2.05) is 0 Å². The lowest BCUT2D eigenvalue weighted by Gasteiger charge is -2.37. The molecule has 2 fully saturated rings. The molecule has 168 valence electrons. The SMILES string of the molecule is CCCC[C@H]1CC[C@H](C2CCC(C(=O)Oc3ccc(OC(F)(F)F)cc3)CC2)CC1. The van der Waals surface area contributed by atoms with Gasteiger partial charge < -0.3 is 9.47 Å². The van der Waals surface area contributed by atoms with E-state index in [2.05, 4.69) is 11.7 Å². The molecule has 3 nitrogen and oxygen atoms in total. The van der Waals surface area contributed by atoms with Crippen molar-refractivity contribution in [2.24, 2.45) is 23.7 Å². The van der Waals surface area contributed by atoms with Crippen LogP contribution in [0.25, 0.3) is 0 Å². The fraction of sp³-hybridized carbons (Fsp3) is 0.708. The monoisotopic (exact) mass is 426 g/mol. The van der Waals surface area contributed by atoms with Crippen LogP contribution < -0.4 is 9.47 Å². The smallest absolute Gasteiger partial charge is 0.426 e. The van der Waals surface area contributed by atoms with Crippen LogP contribution in [0.5, 0.6) is 11.5 Å². The molecule has 0 aromatic heterocycles. The topological polar surface area (TPSA) is 35.5 Å². The van der Waals surface area contributed by atoms with E-state index in [-0.39, 0.29) is 23.4 Å². The predicted octanol–water partition coefficient (Wildman–Crippen LogP) is 7.29. The zero-order valence-electron chi connectivity index (χ0n) is 17.8. The normalized spacial score (nSPS) is 27.5. The molecule has 2 aliphatic carbocycles. The quantitative estimate of drug-likeness (QED) is 0.339. The highest BCUT2D eigenvalue weighted by atomic mass is 19.4. The molecule has 2 saturated carbocycles. The van der Waals surface area contributed by atoms with Crippen LogP contribution in [0.4, 0.5) is 13.2 Å². The average Bonchev–Trinajstić information content (AvgIpc) is 2.73. The van der Waals surface area contributed by atoms with Crippen molar-refractivity contribution in [3.8, 4) is 11.5 Å². The summed E-state index contributed by atoms with van der Waals surface area (Å²) >= 11 is 0. The molecule has 3 rings (SSSR count). The highest BCUT2D eigenvalue weighted by Crippen LogP contribution is 2.42. The molecular formula is C24H33F3O3. The molecule has 0 amide bonds. The molecule has 1 aromatic rings. The number of carbonyl (C=O) groups is 1. The van der Waals surface area contributed by atoms with E-state index in [0.29, 0.717) is 0 Å². The summed E-state index contributed by atoms with van der Waals surface area (Å²) in [5, 5.41) is 0. The van der Waals surface area contributed by atoms with Crippen molar-refractivity contribution in [1.29, 1.82) is 0 Å². The highest BCUT2D eigenvalue weighted by Gasteiger charge is 2.34. The summed E-state index contributed by atoms with van der Waals surface area (Å²) in [7, 11) is 0. The number of esters is 1. The third-order valence-corrected chi connectivity index (χ3v) is 6.90. The molecule has 6 heteroatoms. The zero-order valence-corrected chi connectivity index (χ0v) is 17.8. The first-order valence-corrected chi connectivity index (χ1v) is 11.4. The van der Waals surface area contributed by atoms with E-state index < -0.39 is 6.36 Å². The molecule has 0 atom stereocenters. The highest BCUT2D eigenvalue weighted by molar-refractivity contribution is 5.75. The standard InChI is InChI=1S/C24H33F3O3/c1-2-3-4-17-5-7-18(8-6-17)19-9-11-20(12-10-19)23(28)29-21-13-15-22(16-14-21)30-24(25,26)27/h13-20H,2-12H2,1H3/t17-,18-,19?,20?. The van der Waals surface area contributed by atoms with Gasteiger partial charge in [-0.2, -0.15) is 0 Å². The number of hydrogen-bond acceptors (Lipinski definition) is 3. The van der Waals surface area contributed by atoms with Crippen LogP contribution in [-0.4, -0.2) is 12.3 Å². The zero-order chi connectivity index (χ0) is 21.6. The van der Waals surface area contributed by atoms with Crippen molar-refractivity contribution >= 4 is 5.97 Å². The van der Waals surface area contributed by atoms with E-state index >= 15 is 0 Å². The van der Waals surface area contributed by atoms with Gasteiger partial charge in [-0.3, -0.25) is 4.79 Å². The maximum Gasteiger partial charge on any atom is 0.573 e. The van der Waals surface area contributed by atoms with E-state index in [9.17, 15) is 18.0 Å². The Bertz CT molecular complexity index is 655. The van der Waals surface area contributed by atoms with Gasteiger partial charge in [0.2, 0.25) is 0 Å². The minimum absolute atomic E-state index is 0.117. The van der Waals surface area contributed by atoms with Crippen LogP contribution in [0.2, 0.25) is 0 Å².